The van der Waals surface area contributed by atoms with Gasteiger partial charge in [-0.1, -0.05) is 30.3 Å². The Labute approximate surface area is 135 Å². The maximum absolute atomic E-state index is 12.5. The van der Waals surface area contributed by atoms with Crippen LogP contribution in [0.3, 0.4) is 0 Å². The maximum atomic E-state index is 12.5. The summed E-state index contributed by atoms with van der Waals surface area (Å²) in [5, 5.41) is 8.94. The molecule has 0 radical (unpaired) electrons. The SMILES string of the molecule is CN(Cc1ccccc1)S(=O)(=O)c1cc(C(=O)O)sc1Br. The standard InChI is InChI=1S/C13H12BrNO4S2/c1-15(8-9-5-3-2-4-6-9)21(18,19)11-7-10(13(16)17)20-12(11)14/h2-7H,8H2,1H3,(H,16,17). The number of nitrogens with zero attached hydrogens (tertiary/aromatic N) is 1. The van der Waals surface area contributed by atoms with Crippen LogP contribution in [0.2, 0.25) is 0 Å². The van der Waals surface area contributed by atoms with Crippen LogP contribution in [0.1, 0.15) is 15.2 Å². The summed E-state index contributed by atoms with van der Waals surface area (Å²) in [6.45, 7) is 0.216. The Bertz CT molecular complexity index is 756. The van der Waals surface area contributed by atoms with E-state index in [2.05, 4.69) is 15.9 Å². The number of hydrogen-bond acceptors (Lipinski definition) is 4. The minimum Gasteiger partial charge on any atom is -0.477 e. The van der Waals surface area contributed by atoms with Crippen molar-refractivity contribution >= 4 is 43.3 Å². The van der Waals surface area contributed by atoms with E-state index in [1.54, 1.807) is 0 Å². The highest BCUT2D eigenvalue weighted by Gasteiger charge is 2.27. The quantitative estimate of drug-likeness (QED) is 0.852. The van der Waals surface area contributed by atoms with Gasteiger partial charge in [-0.3, -0.25) is 0 Å². The van der Waals surface area contributed by atoms with Crippen LogP contribution in [0.15, 0.2) is 45.1 Å². The monoisotopic (exact) mass is 389 g/mol. The van der Waals surface area contributed by atoms with Gasteiger partial charge in [0.15, 0.2) is 0 Å². The van der Waals surface area contributed by atoms with Gasteiger partial charge >= 0.3 is 5.97 Å². The summed E-state index contributed by atoms with van der Waals surface area (Å²) in [5.41, 5.74) is 0.855. The molecule has 1 aromatic carbocycles. The van der Waals surface area contributed by atoms with Gasteiger partial charge in [-0.2, -0.15) is 4.31 Å². The second-order valence-corrected chi connectivity index (χ2v) is 8.68. The summed E-state index contributed by atoms with van der Waals surface area (Å²) >= 11 is 4.01. The van der Waals surface area contributed by atoms with E-state index >= 15 is 0 Å². The van der Waals surface area contributed by atoms with Crippen LogP contribution >= 0.6 is 27.3 Å². The van der Waals surface area contributed by atoms with E-state index in [0.29, 0.717) is 3.79 Å². The first-order chi connectivity index (χ1) is 9.82. The second-order valence-electron chi connectivity index (χ2n) is 4.30. The van der Waals surface area contributed by atoms with E-state index in [4.69, 9.17) is 5.11 Å². The Balaban J connectivity index is 2.31. The first-order valence-electron chi connectivity index (χ1n) is 5.85. The summed E-state index contributed by atoms with van der Waals surface area (Å²) < 4.78 is 26.5. The zero-order valence-corrected chi connectivity index (χ0v) is 14.2. The predicted molar refractivity (Wildman–Crippen MR) is 84.1 cm³/mol. The van der Waals surface area contributed by atoms with Gasteiger partial charge in [-0.25, -0.2) is 13.2 Å². The zero-order valence-electron chi connectivity index (χ0n) is 11.0. The number of aromatic carboxylic acids is 1. The van der Waals surface area contributed by atoms with Crippen LogP contribution in [0, 0.1) is 0 Å². The van der Waals surface area contributed by atoms with Gasteiger partial charge in [0.1, 0.15) is 9.77 Å². The highest BCUT2D eigenvalue weighted by Crippen LogP contribution is 2.33. The number of carboxylic acids is 1. The van der Waals surface area contributed by atoms with Gasteiger partial charge < -0.3 is 5.11 Å². The molecule has 0 amide bonds. The van der Waals surface area contributed by atoms with E-state index in [-0.39, 0.29) is 16.3 Å². The van der Waals surface area contributed by atoms with Crippen LogP contribution < -0.4 is 0 Å². The normalized spacial score (nSPS) is 11.8. The van der Waals surface area contributed by atoms with E-state index in [1.807, 2.05) is 30.3 Å². The molecule has 8 heteroatoms. The molecule has 21 heavy (non-hydrogen) atoms. The molecule has 1 aromatic heterocycles. The minimum absolute atomic E-state index is 0.0199. The van der Waals surface area contributed by atoms with Gasteiger partial charge in [-0.15, -0.1) is 11.3 Å². The largest absolute Gasteiger partial charge is 0.477 e. The number of carbonyl (C=O) groups is 1. The lowest BCUT2D eigenvalue weighted by Gasteiger charge is -2.16. The second kappa shape index (κ2) is 6.27. The molecule has 112 valence electrons. The third kappa shape index (κ3) is 3.52. The summed E-state index contributed by atoms with van der Waals surface area (Å²) in [7, 11) is -2.28. The number of hydrogen-bond donors (Lipinski definition) is 1. The highest BCUT2D eigenvalue weighted by atomic mass is 79.9. The molecule has 2 rings (SSSR count). The molecule has 0 aliphatic carbocycles. The molecule has 0 atom stereocenters. The van der Waals surface area contributed by atoms with Crippen molar-refractivity contribution in [3.8, 4) is 0 Å². The molecule has 5 nitrogen and oxygen atoms in total. The fraction of sp³-hybridized carbons (Fsp3) is 0.154. The van der Waals surface area contributed by atoms with Crippen molar-refractivity contribution in [2.45, 2.75) is 11.4 Å². The van der Waals surface area contributed by atoms with Crippen LogP contribution in [0.25, 0.3) is 0 Å². The number of benzene rings is 1. The van der Waals surface area contributed by atoms with Gasteiger partial charge in [0.25, 0.3) is 0 Å². The number of carboxylic acid groups (broad SMARTS) is 1. The number of halogens is 1. The Morgan fingerprint density at radius 2 is 1.95 bits per heavy atom. The molecular formula is C13H12BrNO4S2. The zero-order chi connectivity index (χ0) is 15.6. The summed E-state index contributed by atoms with van der Waals surface area (Å²) in [4.78, 5) is 10.9. The third-order valence-corrected chi connectivity index (χ3v) is 6.85. The van der Waals surface area contributed by atoms with Crippen molar-refractivity contribution in [3.05, 3.63) is 50.6 Å². The van der Waals surface area contributed by atoms with Crippen molar-refractivity contribution in [2.24, 2.45) is 0 Å². The molecule has 1 heterocycles. The van der Waals surface area contributed by atoms with E-state index in [1.165, 1.54) is 17.4 Å². The van der Waals surface area contributed by atoms with Crippen LogP contribution in [0.4, 0.5) is 0 Å². The van der Waals surface area contributed by atoms with Crippen molar-refractivity contribution in [2.75, 3.05) is 7.05 Å². The van der Waals surface area contributed by atoms with Gasteiger partial charge in [-0.05, 0) is 27.6 Å². The van der Waals surface area contributed by atoms with Crippen LogP contribution in [-0.2, 0) is 16.6 Å². The fourth-order valence-corrected chi connectivity index (χ4v) is 5.23. The van der Waals surface area contributed by atoms with E-state index < -0.39 is 16.0 Å². The van der Waals surface area contributed by atoms with Crippen LogP contribution in [-0.4, -0.2) is 30.8 Å². The van der Waals surface area contributed by atoms with Crippen molar-refractivity contribution in [3.63, 3.8) is 0 Å². The van der Waals surface area contributed by atoms with Crippen molar-refractivity contribution < 1.29 is 18.3 Å². The summed E-state index contributed by atoms with van der Waals surface area (Å²) in [6.07, 6.45) is 0. The molecule has 2 aromatic rings. The summed E-state index contributed by atoms with van der Waals surface area (Å²) in [6, 6.07) is 10.4. The molecule has 0 spiro atoms. The molecule has 0 bridgehead atoms. The fourth-order valence-electron chi connectivity index (χ4n) is 1.73. The molecular weight excluding hydrogens is 378 g/mol. The Morgan fingerprint density at radius 3 is 2.48 bits per heavy atom. The Hall–Kier alpha value is -1.22. The first-order valence-corrected chi connectivity index (χ1v) is 8.90. The third-order valence-electron chi connectivity index (χ3n) is 2.80. The molecule has 0 saturated heterocycles. The van der Waals surface area contributed by atoms with Crippen molar-refractivity contribution in [1.82, 2.24) is 4.31 Å². The molecule has 0 saturated carbocycles. The molecule has 0 aliphatic rings. The maximum Gasteiger partial charge on any atom is 0.345 e. The van der Waals surface area contributed by atoms with E-state index in [9.17, 15) is 13.2 Å². The Morgan fingerprint density at radius 1 is 1.33 bits per heavy atom. The van der Waals surface area contributed by atoms with Gasteiger partial charge in [0.05, 0.1) is 3.79 Å². The lowest BCUT2D eigenvalue weighted by Crippen LogP contribution is -2.26. The highest BCUT2D eigenvalue weighted by molar-refractivity contribution is 9.11. The van der Waals surface area contributed by atoms with Crippen LogP contribution in [0.5, 0.6) is 0 Å². The van der Waals surface area contributed by atoms with Crippen molar-refractivity contribution in [1.29, 1.82) is 0 Å². The summed E-state index contributed by atoms with van der Waals surface area (Å²) in [5.74, 6) is -1.15. The number of sulfonamides is 1. The minimum atomic E-state index is -3.75. The molecule has 0 fully saturated rings. The average Bonchev–Trinajstić information content (AvgIpc) is 2.83. The molecule has 0 aliphatic heterocycles. The van der Waals surface area contributed by atoms with E-state index in [0.717, 1.165) is 16.9 Å². The molecule has 0 unspecified atom stereocenters. The molecule has 1 N–H and O–H groups in total. The Kier molecular flexibility index (Phi) is 4.82. The van der Waals surface area contributed by atoms with Gasteiger partial charge in [0, 0.05) is 13.6 Å². The lowest BCUT2D eigenvalue weighted by molar-refractivity contribution is 0.0702. The topological polar surface area (TPSA) is 74.7 Å². The number of thiophene rings is 1. The number of rotatable bonds is 5. The smallest absolute Gasteiger partial charge is 0.345 e. The predicted octanol–water partition coefficient (Wildman–Crippen LogP) is 3.03. The first kappa shape index (κ1) is 16.2. The average molecular weight is 390 g/mol. The lowest BCUT2D eigenvalue weighted by atomic mass is 10.2. The van der Waals surface area contributed by atoms with Gasteiger partial charge in [0.2, 0.25) is 10.0 Å².